The van der Waals surface area contributed by atoms with E-state index in [-0.39, 0.29) is 0 Å². The monoisotopic (exact) mass is 270 g/mol. The first-order valence-corrected chi connectivity index (χ1v) is 7.29. The summed E-state index contributed by atoms with van der Waals surface area (Å²) in [6.45, 7) is 11.3. The lowest BCUT2D eigenvalue weighted by molar-refractivity contribution is 0.340. The molecule has 2 aromatic carbocycles. The topological polar surface area (TPSA) is 9.23 Å². The van der Waals surface area contributed by atoms with Crippen LogP contribution in [0.15, 0.2) is 48.5 Å². The van der Waals surface area contributed by atoms with E-state index in [1.807, 2.05) is 31.2 Å². The highest BCUT2D eigenvalue weighted by atomic mass is 16.5. The third-order valence-electron chi connectivity index (χ3n) is 3.08. The number of ether oxygens (including phenoxy) is 1. The Kier molecular flexibility index (Phi) is 6.86. The van der Waals surface area contributed by atoms with Gasteiger partial charge in [0.05, 0.1) is 6.61 Å². The molecule has 0 fully saturated rings. The summed E-state index contributed by atoms with van der Waals surface area (Å²) in [6, 6.07) is 16.8. The summed E-state index contributed by atoms with van der Waals surface area (Å²) in [4.78, 5) is 0. The molecule has 2 rings (SSSR count). The molecule has 0 spiro atoms. The minimum atomic E-state index is 0.653. The summed E-state index contributed by atoms with van der Waals surface area (Å²) < 4.78 is 5.26. The third-order valence-corrected chi connectivity index (χ3v) is 3.08. The summed E-state index contributed by atoms with van der Waals surface area (Å²) in [7, 11) is 0. The van der Waals surface area contributed by atoms with E-state index in [4.69, 9.17) is 4.74 Å². The highest BCUT2D eigenvalue weighted by Gasteiger charge is 1.95. The van der Waals surface area contributed by atoms with Crippen LogP contribution >= 0.6 is 0 Å². The number of rotatable bonds is 3. The van der Waals surface area contributed by atoms with Crippen LogP contribution in [-0.2, 0) is 0 Å². The SMILES string of the molecule is CCOc1ccc(C)cc1.Cc1ccc(C(C)C)cc1. The lowest BCUT2D eigenvalue weighted by Gasteiger charge is -2.03. The number of aryl methyl sites for hydroxylation is 2. The van der Waals surface area contributed by atoms with Crippen LogP contribution in [0.2, 0.25) is 0 Å². The average molecular weight is 270 g/mol. The molecule has 1 nitrogen and oxygen atoms in total. The van der Waals surface area contributed by atoms with Crippen molar-refractivity contribution in [1.82, 2.24) is 0 Å². The Balaban J connectivity index is 0.000000200. The molecule has 20 heavy (non-hydrogen) atoms. The number of hydrogen-bond acceptors (Lipinski definition) is 1. The molecule has 0 aromatic heterocycles. The van der Waals surface area contributed by atoms with Gasteiger partial charge in [-0.05, 0) is 44.4 Å². The Hall–Kier alpha value is -1.76. The Morgan fingerprint density at radius 1 is 0.800 bits per heavy atom. The van der Waals surface area contributed by atoms with Crippen molar-refractivity contribution in [3.63, 3.8) is 0 Å². The molecule has 0 amide bonds. The molecule has 0 unspecified atom stereocenters. The van der Waals surface area contributed by atoms with Gasteiger partial charge in [-0.1, -0.05) is 61.4 Å². The predicted octanol–water partition coefficient (Wildman–Crippen LogP) is 5.51. The largest absolute Gasteiger partial charge is 0.494 e. The Labute approximate surface area is 123 Å². The zero-order valence-electron chi connectivity index (χ0n) is 13.3. The van der Waals surface area contributed by atoms with Crippen LogP contribution in [-0.4, -0.2) is 6.61 Å². The van der Waals surface area contributed by atoms with Gasteiger partial charge in [0, 0.05) is 0 Å². The molecule has 0 aliphatic rings. The second-order valence-corrected chi connectivity index (χ2v) is 5.31. The van der Waals surface area contributed by atoms with E-state index in [0.29, 0.717) is 5.92 Å². The first-order valence-electron chi connectivity index (χ1n) is 7.29. The molecule has 0 bridgehead atoms. The molecule has 0 N–H and O–H groups in total. The van der Waals surface area contributed by atoms with Crippen LogP contribution in [0.4, 0.5) is 0 Å². The Morgan fingerprint density at radius 3 is 1.65 bits per heavy atom. The van der Waals surface area contributed by atoms with Gasteiger partial charge in [0.15, 0.2) is 0 Å². The molecule has 0 heterocycles. The fourth-order valence-corrected chi connectivity index (χ4v) is 1.75. The molecular weight excluding hydrogens is 244 g/mol. The zero-order chi connectivity index (χ0) is 15.0. The normalized spacial score (nSPS) is 9.90. The average Bonchev–Trinajstić information content (AvgIpc) is 2.43. The van der Waals surface area contributed by atoms with Crippen molar-refractivity contribution < 1.29 is 4.74 Å². The summed E-state index contributed by atoms with van der Waals surface area (Å²) in [5.74, 6) is 1.61. The van der Waals surface area contributed by atoms with Crippen molar-refractivity contribution in [2.24, 2.45) is 0 Å². The molecule has 0 atom stereocenters. The van der Waals surface area contributed by atoms with Gasteiger partial charge < -0.3 is 4.74 Å². The lowest BCUT2D eigenvalue weighted by atomic mass is 10.0. The molecule has 0 saturated carbocycles. The summed E-state index contributed by atoms with van der Waals surface area (Å²) >= 11 is 0. The van der Waals surface area contributed by atoms with Crippen molar-refractivity contribution in [1.29, 1.82) is 0 Å². The first-order chi connectivity index (χ1) is 9.52. The van der Waals surface area contributed by atoms with E-state index in [9.17, 15) is 0 Å². The predicted molar refractivity (Wildman–Crippen MR) is 87.6 cm³/mol. The highest BCUT2D eigenvalue weighted by molar-refractivity contribution is 5.26. The molecule has 108 valence electrons. The summed E-state index contributed by atoms with van der Waals surface area (Å²) in [5, 5.41) is 0. The van der Waals surface area contributed by atoms with Gasteiger partial charge in [-0.15, -0.1) is 0 Å². The van der Waals surface area contributed by atoms with E-state index in [1.165, 1.54) is 16.7 Å². The molecule has 0 aliphatic carbocycles. The van der Waals surface area contributed by atoms with Crippen molar-refractivity contribution in [2.45, 2.75) is 40.5 Å². The van der Waals surface area contributed by atoms with Crippen molar-refractivity contribution in [3.8, 4) is 5.75 Å². The Morgan fingerprint density at radius 2 is 1.25 bits per heavy atom. The fraction of sp³-hybridized carbons (Fsp3) is 0.368. The Bertz CT molecular complexity index is 480. The van der Waals surface area contributed by atoms with Crippen LogP contribution in [0.1, 0.15) is 43.4 Å². The maximum absolute atomic E-state index is 5.26. The number of benzene rings is 2. The maximum atomic E-state index is 5.26. The molecule has 0 radical (unpaired) electrons. The minimum Gasteiger partial charge on any atom is -0.494 e. The number of hydrogen-bond donors (Lipinski definition) is 0. The quantitative estimate of drug-likeness (QED) is 0.714. The van der Waals surface area contributed by atoms with Gasteiger partial charge in [0.25, 0.3) is 0 Å². The zero-order valence-corrected chi connectivity index (χ0v) is 13.3. The van der Waals surface area contributed by atoms with Crippen LogP contribution in [0.5, 0.6) is 5.75 Å². The lowest BCUT2D eigenvalue weighted by Crippen LogP contribution is -1.90. The van der Waals surface area contributed by atoms with Gasteiger partial charge >= 0.3 is 0 Å². The smallest absolute Gasteiger partial charge is 0.119 e. The minimum absolute atomic E-state index is 0.653. The van der Waals surface area contributed by atoms with E-state index < -0.39 is 0 Å². The van der Waals surface area contributed by atoms with E-state index in [2.05, 4.69) is 52.0 Å². The maximum Gasteiger partial charge on any atom is 0.119 e. The van der Waals surface area contributed by atoms with Crippen LogP contribution < -0.4 is 4.74 Å². The third kappa shape index (κ3) is 5.92. The first kappa shape index (κ1) is 16.3. The molecule has 0 saturated heterocycles. The molecular formula is C19H26O. The fourth-order valence-electron chi connectivity index (χ4n) is 1.75. The second-order valence-electron chi connectivity index (χ2n) is 5.31. The highest BCUT2D eigenvalue weighted by Crippen LogP contribution is 2.13. The van der Waals surface area contributed by atoms with Crippen LogP contribution in [0, 0.1) is 13.8 Å². The van der Waals surface area contributed by atoms with Crippen molar-refractivity contribution in [2.75, 3.05) is 6.61 Å². The van der Waals surface area contributed by atoms with Crippen LogP contribution in [0.3, 0.4) is 0 Å². The molecule has 0 aliphatic heterocycles. The van der Waals surface area contributed by atoms with E-state index in [0.717, 1.165) is 12.4 Å². The van der Waals surface area contributed by atoms with Gasteiger partial charge in [-0.3, -0.25) is 0 Å². The second kappa shape index (κ2) is 8.42. The van der Waals surface area contributed by atoms with Crippen molar-refractivity contribution >= 4 is 0 Å². The van der Waals surface area contributed by atoms with Crippen LogP contribution in [0.25, 0.3) is 0 Å². The van der Waals surface area contributed by atoms with E-state index >= 15 is 0 Å². The van der Waals surface area contributed by atoms with E-state index in [1.54, 1.807) is 0 Å². The van der Waals surface area contributed by atoms with Gasteiger partial charge in [0.1, 0.15) is 5.75 Å². The summed E-state index contributed by atoms with van der Waals surface area (Å²) in [6.07, 6.45) is 0. The molecule has 2 aromatic rings. The van der Waals surface area contributed by atoms with Gasteiger partial charge in [0.2, 0.25) is 0 Å². The standard InChI is InChI=1S/C10H14.C9H12O/c1-8(2)10-6-4-9(3)5-7-10;1-3-10-9-6-4-8(2)5-7-9/h4-8H,1-3H3;4-7H,3H2,1-2H3. The van der Waals surface area contributed by atoms with Crippen molar-refractivity contribution in [3.05, 3.63) is 65.2 Å². The summed E-state index contributed by atoms with van der Waals surface area (Å²) in [5.41, 5.74) is 4.03. The van der Waals surface area contributed by atoms with Gasteiger partial charge in [-0.25, -0.2) is 0 Å². The molecule has 1 heteroatoms. The van der Waals surface area contributed by atoms with Gasteiger partial charge in [-0.2, -0.15) is 0 Å².